The molecule has 2 aromatic carbocycles. The molecule has 7 heteroatoms. The molecule has 0 amide bonds. The second-order valence-electron chi connectivity index (χ2n) is 4.88. The Hall–Kier alpha value is -2.57. The molecule has 5 nitrogen and oxygen atoms in total. The van der Waals surface area contributed by atoms with E-state index in [0.29, 0.717) is 22.3 Å². The van der Waals surface area contributed by atoms with E-state index in [0.717, 1.165) is 15.4 Å². The molecule has 0 spiro atoms. The van der Waals surface area contributed by atoms with E-state index in [1.807, 2.05) is 42.5 Å². The van der Waals surface area contributed by atoms with Crippen molar-refractivity contribution in [2.24, 2.45) is 0 Å². The van der Waals surface area contributed by atoms with Crippen LogP contribution in [0.25, 0.3) is 11.0 Å². The predicted octanol–water partition coefficient (Wildman–Crippen LogP) is 4.95. The van der Waals surface area contributed by atoms with Crippen LogP contribution in [-0.2, 0) is 0 Å². The van der Waals surface area contributed by atoms with Gasteiger partial charge in [0.25, 0.3) is 6.01 Å². The van der Waals surface area contributed by atoms with Crippen LogP contribution in [-0.4, -0.2) is 19.9 Å². The number of aromatic amines is 1. The number of fused-ring (bicyclic) bond motifs is 1. The molecule has 0 fully saturated rings. The minimum atomic E-state index is 0.403. The summed E-state index contributed by atoms with van der Waals surface area (Å²) in [6, 6.07) is 13.7. The smallest absolute Gasteiger partial charge is 0.300 e. The number of benzene rings is 2. The number of nitrogens with zero attached hydrogens (tertiary/aromatic N) is 3. The lowest BCUT2D eigenvalue weighted by atomic mass is 10.3. The van der Waals surface area contributed by atoms with Crippen molar-refractivity contribution in [1.82, 2.24) is 19.9 Å². The second-order valence-corrected chi connectivity index (χ2v) is 6.32. The van der Waals surface area contributed by atoms with Crippen LogP contribution in [0.2, 0.25) is 5.02 Å². The van der Waals surface area contributed by atoms with E-state index in [2.05, 4.69) is 19.9 Å². The zero-order valence-corrected chi connectivity index (χ0v) is 13.9. The van der Waals surface area contributed by atoms with E-state index in [9.17, 15) is 0 Å². The number of nitrogens with one attached hydrogen (secondary N) is 1. The summed E-state index contributed by atoms with van der Waals surface area (Å²) in [5.41, 5.74) is 1.48. The normalized spacial score (nSPS) is 10.9. The third-order valence-electron chi connectivity index (χ3n) is 3.25. The molecule has 0 aliphatic heterocycles. The lowest BCUT2D eigenvalue weighted by Crippen LogP contribution is -1.84. The van der Waals surface area contributed by atoms with Crippen LogP contribution in [0.15, 0.2) is 71.0 Å². The summed E-state index contributed by atoms with van der Waals surface area (Å²) < 4.78 is 5.72. The average Bonchev–Trinajstić information content (AvgIpc) is 3.03. The minimum absolute atomic E-state index is 0.403. The Morgan fingerprint density at radius 3 is 2.71 bits per heavy atom. The second kappa shape index (κ2) is 6.51. The van der Waals surface area contributed by atoms with Crippen molar-refractivity contribution in [2.45, 2.75) is 9.92 Å². The van der Waals surface area contributed by atoms with E-state index in [1.165, 1.54) is 11.8 Å². The lowest BCUT2D eigenvalue weighted by molar-refractivity contribution is 0.449. The third-order valence-corrected chi connectivity index (χ3v) is 4.72. The third kappa shape index (κ3) is 3.06. The maximum atomic E-state index is 6.50. The first kappa shape index (κ1) is 15.0. The molecule has 4 aromatic rings. The van der Waals surface area contributed by atoms with Gasteiger partial charge in [0.1, 0.15) is 16.3 Å². The van der Waals surface area contributed by atoms with E-state index in [-0.39, 0.29) is 0 Å². The number of aromatic nitrogens is 4. The summed E-state index contributed by atoms with van der Waals surface area (Å²) in [5, 5.41) is 1.33. The Bertz CT molecular complexity index is 976. The van der Waals surface area contributed by atoms with Gasteiger partial charge in [0.05, 0.1) is 16.7 Å². The molecule has 24 heavy (non-hydrogen) atoms. The molecule has 0 aliphatic carbocycles. The fourth-order valence-electron chi connectivity index (χ4n) is 2.18. The van der Waals surface area contributed by atoms with Gasteiger partial charge in [-0.3, -0.25) is 4.98 Å². The van der Waals surface area contributed by atoms with Gasteiger partial charge in [0.15, 0.2) is 0 Å². The highest BCUT2D eigenvalue weighted by Gasteiger charge is 2.13. The monoisotopic (exact) mass is 354 g/mol. The number of hydrogen-bond donors (Lipinski definition) is 1. The zero-order chi connectivity index (χ0) is 16.4. The number of ether oxygens (including phenoxy) is 1. The number of halogens is 1. The van der Waals surface area contributed by atoms with E-state index in [1.54, 1.807) is 18.6 Å². The zero-order valence-electron chi connectivity index (χ0n) is 12.3. The topological polar surface area (TPSA) is 63.7 Å². The first-order valence-electron chi connectivity index (χ1n) is 7.14. The van der Waals surface area contributed by atoms with Crippen LogP contribution in [0.1, 0.15) is 0 Å². The molecule has 0 bridgehead atoms. The van der Waals surface area contributed by atoms with Crippen molar-refractivity contribution in [3.8, 4) is 11.8 Å². The highest BCUT2D eigenvalue weighted by molar-refractivity contribution is 7.99. The van der Waals surface area contributed by atoms with Gasteiger partial charge < -0.3 is 9.72 Å². The van der Waals surface area contributed by atoms with Crippen molar-refractivity contribution in [3.63, 3.8) is 0 Å². The van der Waals surface area contributed by atoms with Crippen LogP contribution in [0.5, 0.6) is 11.8 Å². The maximum Gasteiger partial charge on any atom is 0.300 e. The van der Waals surface area contributed by atoms with Crippen LogP contribution in [0.3, 0.4) is 0 Å². The van der Waals surface area contributed by atoms with Gasteiger partial charge >= 0.3 is 0 Å². The van der Waals surface area contributed by atoms with Gasteiger partial charge in [-0.05, 0) is 24.3 Å². The van der Waals surface area contributed by atoms with Gasteiger partial charge in [-0.2, -0.15) is 4.98 Å². The largest absolute Gasteiger partial charge is 0.426 e. The van der Waals surface area contributed by atoms with Gasteiger partial charge in [0.2, 0.25) is 0 Å². The summed E-state index contributed by atoms with van der Waals surface area (Å²) >= 11 is 7.94. The highest BCUT2D eigenvalue weighted by atomic mass is 35.5. The molecular formula is C17H11ClN4OS. The fraction of sp³-hybridized carbons (Fsp3) is 0. The van der Waals surface area contributed by atoms with Crippen LogP contribution in [0.4, 0.5) is 0 Å². The first-order chi connectivity index (χ1) is 11.8. The number of hydrogen-bond acceptors (Lipinski definition) is 5. The van der Waals surface area contributed by atoms with E-state index < -0.39 is 0 Å². The molecule has 0 radical (unpaired) electrons. The maximum absolute atomic E-state index is 6.50. The van der Waals surface area contributed by atoms with Crippen molar-refractivity contribution in [1.29, 1.82) is 0 Å². The molecule has 118 valence electrons. The van der Waals surface area contributed by atoms with E-state index >= 15 is 0 Å². The SMILES string of the molecule is Clc1c(Sc2cnccn2)ccc2[nH]c(Oc3ccccc3)nc12. The highest BCUT2D eigenvalue weighted by Crippen LogP contribution is 2.37. The Morgan fingerprint density at radius 1 is 1.04 bits per heavy atom. The number of rotatable bonds is 4. The van der Waals surface area contributed by atoms with Crippen LogP contribution in [0, 0.1) is 0 Å². The first-order valence-corrected chi connectivity index (χ1v) is 8.34. The molecular weight excluding hydrogens is 344 g/mol. The van der Waals surface area contributed by atoms with E-state index in [4.69, 9.17) is 16.3 Å². The molecule has 0 saturated carbocycles. The lowest BCUT2D eigenvalue weighted by Gasteiger charge is -2.03. The van der Waals surface area contributed by atoms with Crippen molar-refractivity contribution < 1.29 is 4.74 Å². The minimum Gasteiger partial charge on any atom is -0.426 e. The number of imidazole rings is 1. The summed E-state index contributed by atoms with van der Waals surface area (Å²) in [7, 11) is 0. The Morgan fingerprint density at radius 2 is 1.92 bits per heavy atom. The average molecular weight is 355 g/mol. The molecule has 0 atom stereocenters. The van der Waals surface area contributed by atoms with Crippen molar-refractivity contribution in [2.75, 3.05) is 0 Å². The molecule has 2 heterocycles. The number of H-pyrrole nitrogens is 1. The molecule has 0 saturated heterocycles. The fourth-order valence-corrected chi connectivity index (χ4v) is 3.28. The molecule has 1 N–H and O–H groups in total. The Balaban J connectivity index is 1.66. The quantitative estimate of drug-likeness (QED) is 0.561. The number of para-hydroxylation sites is 1. The summed E-state index contributed by atoms with van der Waals surface area (Å²) in [4.78, 5) is 16.7. The molecule has 4 rings (SSSR count). The predicted molar refractivity (Wildman–Crippen MR) is 93.8 cm³/mol. The molecule has 2 aromatic heterocycles. The summed E-state index contributed by atoms with van der Waals surface area (Å²) in [6.45, 7) is 0. The summed E-state index contributed by atoms with van der Waals surface area (Å²) in [5.74, 6) is 0.710. The van der Waals surface area contributed by atoms with Gasteiger partial charge in [-0.15, -0.1) is 0 Å². The van der Waals surface area contributed by atoms with Gasteiger partial charge in [0, 0.05) is 17.3 Å². The molecule has 0 unspecified atom stereocenters. The van der Waals surface area contributed by atoms with Crippen LogP contribution < -0.4 is 4.74 Å². The standard InChI is InChI=1S/C17H11ClN4OS/c18-15-13(24-14-10-19-8-9-20-14)7-6-12-16(15)22-17(21-12)23-11-4-2-1-3-5-11/h1-10H,(H,21,22). The van der Waals surface area contributed by atoms with Crippen molar-refractivity contribution >= 4 is 34.4 Å². The summed E-state index contributed by atoms with van der Waals surface area (Å²) in [6.07, 6.45) is 4.98. The Labute approximate surface area is 147 Å². The van der Waals surface area contributed by atoms with Crippen molar-refractivity contribution in [3.05, 3.63) is 66.1 Å². The van der Waals surface area contributed by atoms with Crippen LogP contribution >= 0.6 is 23.4 Å². The van der Waals surface area contributed by atoms with Gasteiger partial charge in [-0.25, -0.2) is 4.98 Å². The Kier molecular flexibility index (Phi) is 4.06. The van der Waals surface area contributed by atoms with Gasteiger partial charge in [-0.1, -0.05) is 41.6 Å². The molecule has 0 aliphatic rings.